The lowest BCUT2D eigenvalue weighted by atomic mass is 9.91. The van der Waals surface area contributed by atoms with Gasteiger partial charge in [0.15, 0.2) is 0 Å². The maximum absolute atomic E-state index is 13.0. The predicted octanol–water partition coefficient (Wildman–Crippen LogP) is 2.52. The molecule has 0 N–H and O–H groups in total. The van der Waals surface area contributed by atoms with Crippen LogP contribution in [0.15, 0.2) is 42.2 Å². The fraction of sp³-hybridized carbons (Fsp3) is 0.542. The van der Waals surface area contributed by atoms with Crippen molar-refractivity contribution in [2.24, 2.45) is 0 Å². The number of nitrogens with zero attached hydrogens (tertiary/aromatic N) is 5. The Morgan fingerprint density at radius 2 is 1.83 bits per heavy atom. The van der Waals surface area contributed by atoms with Gasteiger partial charge < -0.3 is 9.80 Å². The molecule has 3 heterocycles. The molecule has 1 saturated heterocycles. The highest BCUT2D eigenvalue weighted by Crippen LogP contribution is 2.26. The molecule has 0 aromatic carbocycles. The first-order valence-electron chi connectivity index (χ1n) is 11.4. The molecular formula is C24H31N5O. The maximum atomic E-state index is 13.0. The lowest BCUT2D eigenvalue weighted by molar-refractivity contribution is -0.126. The second kappa shape index (κ2) is 8.72. The van der Waals surface area contributed by atoms with Crippen LogP contribution in [-0.2, 0) is 17.6 Å². The monoisotopic (exact) mass is 405 g/mol. The van der Waals surface area contributed by atoms with Crippen molar-refractivity contribution in [3.63, 3.8) is 0 Å². The van der Waals surface area contributed by atoms with Crippen molar-refractivity contribution in [1.82, 2.24) is 19.8 Å². The molecule has 6 nitrogen and oxygen atoms in total. The Bertz CT molecular complexity index is 878. The largest absolute Gasteiger partial charge is 0.338 e. The fourth-order valence-corrected chi connectivity index (χ4v) is 4.76. The number of hydrogen-bond donors (Lipinski definition) is 0. The smallest absolute Gasteiger partial charge is 0.253 e. The van der Waals surface area contributed by atoms with Crippen LogP contribution in [0.2, 0.25) is 0 Å². The number of anilines is 1. The van der Waals surface area contributed by atoms with Crippen LogP contribution in [-0.4, -0.2) is 71.0 Å². The second-order valence-corrected chi connectivity index (χ2v) is 8.73. The highest BCUT2D eigenvalue weighted by Gasteiger charge is 2.29. The third kappa shape index (κ3) is 4.06. The van der Waals surface area contributed by atoms with Crippen LogP contribution in [0.25, 0.3) is 0 Å². The first-order valence-corrected chi connectivity index (χ1v) is 11.4. The topological polar surface area (TPSA) is 52.6 Å². The molecule has 1 saturated carbocycles. The number of fused-ring (bicyclic) bond motifs is 1. The summed E-state index contributed by atoms with van der Waals surface area (Å²) in [6.45, 7) is 5.69. The molecule has 1 aromatic rings. The Hall–Kier alpha value is -2.47. The van der Waals surface area contributed by atoms with E-state index in [1.807, 2.05) is 35.4 Å². The molecule has 2 aliphatic heterocycles. The minimum atomic E-state index is 0.117. The van der Waals surface area contributed by atoms with Crippen LogP contribution < -0.4 is 4.90 Å². The summed E-state index contributed by atoms with van der Waals surface area (Å²) in [5.74, 6) is 0.979. The number of carbonyl (C=O) groups is 1. The Labute approximate surface area is 179 Å². The molecule has 1 amide bonds. The quantitative estimate of drug-likeness (QED) is 0.774. The van der Waals surface area contributed by atoms with E-state index < -0.39 is 0 Å². The van der Waals surface area contributed by atoms with Crippen molar-refractivity contribution >= 4 is 11.9 Å². The van der Waals surface area contributed by atoms with Crippen molar-refractivity contribution in [3.05, 3.63) is 53.4 Å². The Kier molecular flexibility index (Phi) is 5.67. The number of amides is 1. The van der Waals surface area contributed by atoms with E-state index in [0.29, 0.717) is 6.54 Å². The predicted molar refractivity (Wildman–Crippen MR) is 118 cm³/mol. The number of carbonyl (C=O) groups excluding carboxylic acids is 1. The molecule has 5 rings (SSSR count). The Morgan fingerprint density at radius 3 is 2.63 bits per heavy atom. The van der Waals surface area contributed by atoms with Crippen LogP contribution >= 0.6 is 0 Å². The molecule has 30 heavy (non-hydrogen) atoms. The van der Waals surface area contributed by atoms with Crippen molar-refractivity contribution in [2.45, 2.75) is 44.6 Å². The zero-order valence-electron chi connectivity index (χ0n) is 17.7. The number of piperazine rings is 1. The molecule has 0 unspecified atom stereocenters. The van der Waals surface area contributed by atoms with E-state index in [2.05, 4.69) is 15.9 Å². The second-order valence-electron chi connectivity index (χ2n) is 8.73. The highest BCUT2D eigenvalue weighted by atomic mass is 16.2. The lowest BCUT2D eigenvalue weighted by Crippen LogP contribution is -2.52. The minimum Gasteiger partial charge on any atom is -0.338 e. The minimum absolute atomic E-state index is 0.117. The summed E-state index contributed by atoms with van der Waals surface area (Å²) in [4.78, 5) is 29.5. The van der Waals surface area contributed by atoms with Gasteiger partial charge in [0.2, 0.25) is 5.95 Å². The summed E-state index contributed by atoms with van der Waals surface area (Å²) in [5.41, 5.74) is 3.07. The van der Waals surface area contributed by atoms with Gasteiger partial charge >= 0.3 is 0 Å². The van der Waals surface area contributed by atoms with E-state index in [0.717, 1.165) is 75.2 Å². The van der Waals surface area contributed by atoms with Gasteiger partial charge in [0.25, 0.3) is 5.91 Å². The zero-order chi connectivity index (χ0) is 20.3. The lowest BCUT2D eigenvalue weighted by Gasteiger charge is -2.43. The van der Waals surface area contributed by atoms with Crippen LogP contribution in [0.1, 0.15) is 36.9 Å². The maximum Gasteiger partial charge on any atom is 0.253 e. The molecule has 158 valence electrons. The first kappa shape index (κ1) is 19.5. The average Bonchev–Trinajstić information content (AvgIpc) is 3.13. The van der Waals surface area contributed by atoms with Gasteiger partial charge in [-0.15, -0.1) is 0 Å². The van der Waals surface area contributed by atoms with Crippen molar-refractivity contribution < 1.29 is 4.79 Å². The van der Waals surface area contributed by atoms with E-state index in [9.17, 15) is 4.79 Å². The molecule has 0 bridgehead atoms. The number of hydrogen-bond acceptors (Lipinski definition) is 5. The van der Waals surface area contributed by atoms with Gasteiger partial charge in [-0.25, -0.2) is 9.97 Å². The van der Waals surface area contributed by atoms with Gasteiger partial charge in [-0.3, -0.25) is 9.69 Å². The highest BCUT2D eigenvalue weighted by molar-refractivity contribution is 5.96. The van der Waals surface area contributed by atoms with E-state index in [-0.39, 0.29) is 5.91 Å². The van der Waals surface area contributed by atoms with Gasteiger partial charge in [0.1, 0.15) is 0 Å². The summed E-state index contributed by atoms with van der Waals surface area (Å²) in [6, 6.07) is 0.817. The zero-order valence-corrected chi connectivity index (χ0v) is 17.7. The van der Waals surface area contributed by atoms with Gasteiger partial charge in [-0.1, -0.05) is 30.7 Å². The Balaban J connectivity index is 1.23. The molecule has 0 atom stereocenters. The third-order valence-electron chi connectivity index (χ3n) is 6.91. The van der Waals surface area contributed by atoms with Crippen LogP contribution in [0.3, 0.4) is 0 Å². The van der Waals surface area contributed by atoms with Crippen molar-refractivity contribution in [1.29, 1.82) is 0 Å². The summed E-state index contributed by atoms with van der Waals surface area (Å²) in [7, 11) is 0. The fourth-order valence-electron chi connectivity index (χ4n) is 4.76. The van der Waals surface area contributed by atoms with Crippen LogP contribution in [0.4, 0.5) is 5.95 Å². The number of aromatic nitrogens is 2. The normalized spacial score (nSPS) is 22.7. The van der Waals surface area contributed by atoms with Gasteiger partial charge in [0.05, 0.1) is 5.69 Å². The van der Waals surface area contributed by atoms with E-state index in [1.165, 1.54) is 24.8 Å². The average molecular weight is 406 g/mol. The van der Waals surface area contributed by atoms with E-state index in [1.54, 1.807) is 0 Å². The number of allylic oxidation sites excluding steroid dienone is 4. The summed E-state index contributed by atoms with van der Waals surface area (Å²) < 4.78 is 0. The van der Waals surface area contributed by atoms with Gasteiger partial charge in [-0.05, 0) is 37.3 Å². The van der Waals surface area contributed by atoms with Crippen molar-refractivity contribution in [3.8, 4) is 0 Å². The third-order valence-corrected chi connectivity index (χ3v) is 6.91. The molecule has 0 spiro atoms. The molecule has 2 fully saturated rings. The molecule has 0 radical (unpaired) electrons. The van der Waals surface area contributed by atoms with Gasteiger partial charge in [-0.2, -0.15) is 0 Å². The molecular weight excluding hydrogens is 374 g/mol. The molecule has 2 aliphatic carbocycles. The van der Waals surface area contributed by atoms with E-state index >= 15 is 0 Å². The van der Waals surface area contributed by atoms with Crippen molar-refractivity contribution in [2.75, 3.05) is 44.2 Å². The molecule has 1 aromatic heterocycles. The SMILES string of the molecule is O=C(C1=CC=CCC=C1)N1CCc2cnc(N3CCN(C4CCC4)CC3)nc2CC1. The van der Waals surface area contributed by atoms with Gasteiger partial charge in [0, 0.05) is 63.5 Å². The van der Waals surface area contributed by atoms with Crippen LogP contribution in [0.5, 0.6) is 0 Å². The first-order chi connectivity index (χ1) is 14.8. The molecule has 4 aliphatic rings. The summed E-state index contributed by atoms with van der Waals surface area (Å²) in [6.07, 6.45) is 18.6. The standard InChI is InChI=1S/C24H31N5O/c30-23(19-6-3-1-2-4-7-19)28-12-10-20-18-25-24(26-22(20)11-13-28)29-16-14-27(15-17-29)21-8-5-9-21/h1,3-4,6-7,18,21H,2,5,8-17H2. The summed E-state index contributed by atoms with van der Waals surface area (Å²) in [5, 5.41) is 0. The Morgan fingerprint density at radius 1 is 1.00 bits per heavy atom. The molecule has 6 heteroatoms. The van der Waals surface area contributed by atoms with Crippen LogP contribution in [0, 0.1) is 0 Å². The van der Waals surface area contributed by atoms with E-state index in [4.69, 9.17) is 9.97 Å². The number of rotatable bonds is 3. The summed E-state index contributed by atoms with van der Waals surface area (Å²) >= 11 is 0.